The Morgan fingerprint density at radius 1 is 1.47 bits per heavy atom. The van der Waals surface area contributed by atoms with Crippen molar-refractivity contribution in [3.63, 3.8) is 0 Å². The van der Waals surface area contributed by atoms with Gasteiger partial charge in [0.25, 0.3) is 5.92 Å². The smallest absolute Gasteiger partial charge is 0.326 e. The van der Waals surface area contributed by atoms with Crippen molar-refractivity contribution >= 4 is 11.9 Å². The van der Waals surface area contributed by atoms with Gasteiger partial charge in [-0.25, -0.2) is 13.6 Å². The number of carbonyl (C=O) groups excluding carboxylic acids is 1. The molecule has 1 amide bonds. The molecule has 2 rings (SSSR count). The summed E-state index contributed by atoms with van der Waals surface area (Å²) in [6.07, 6.45) is -0.428. The minimum absolute atomic E-state index is 0.130. The number of likely N-dealkylation sites (tertiary alicyclic amines) is 1. The molecule has 0 aromatic carbocycles. The standard InChI is InChI=1S/C9H11F2NO3/c1-5(13)12-4-8(3-9(8,10)11)2-6(12)7(14)15/h6H,2-4H2,1H3,(H,14,15). The van der Waals surface area contributed by atoms with E-state index in [0.717, 1.165) is 4.90 Å². The van der Waals surface area contributed by atoms with E-state index in [1.54, 1.807) is 0 Å². The lowest BCUT2D eigenvalue weighted by Crippen LogP contribution is -2.39. The lowest BCUT2D eigenvalue weighted by atomic mass is 10.0. The first-order valence-corrected chi connectivity index (χ1v) is 4.67. The number of rotatable bonds is 1. The van der Waals surface area contributed by atoms with E-state index in [-0.39, 0.29) is 19.4 Å². The van der Waals surface area contributed by atoms with Crippen LogP contribution in [0, 0.1) is 5.41 Å². The summed E-state index contributed by atoms with van der Waals surface area (Å²) in [7, 11) is 0. The van der Waals surface area contributed by atoms with Crippen molar-refractivity contribution in [2.24, 2.45) is 5.41 Å². The number of amides is 1. The first-order chi connectivity index (χ1) is 6.79. The quantitative estimate of drug-likeness (QED) is 0.706. The molecule has 1 N–H and O–H groups in total. The van der Waals surface area contributed by atoms with Gasteiger partial charge in [-0.05, 0) is 6.42 Å². The van der Waals surface area contributed by atoms with Crippen molar-refractivity contribution in [2.75, 3.05) is 6.54 Å². The maximum absolute atomic E-state index is 13.0. The third-order valence-corrected chi connectivity index (χ3v) is 3.33. The number of carboxylic acid groups (broad SMARTS) is 1. The van der Waals surface area contributed by atoms with Crippen LogP contribution in [0.15, 0.2) is 0 Å². The summed E-state index contributed by atoms with van der Waals surface area (Å²) in [4.78, 5) is 22.9. The van der Waals surface area contributed by atoms with Crippen molar-refractivity contribution in [1.82, 2.24) is 4.90 Å². The zero-order chi connectivity index (χ0) is 11.4. The van der Waals surface area contributed by atoms with Crippen LogP contribution in [-0.4, -0.2) is 40.4 Å². The molecule has 2 fully saturated rings. The van der Waals surface area contributed by atoms with Crippen LogP contribution in [0.1, 0.15) is 19.8 Å². The summed E-state index contributed by atoms with van der Waals surface area (Å²) < 4.78 is 26.1. The number of aliphatic carboxylic acids is 1. The van der Waals surface area contributed by atoms with Crippen LogP contribution >= 0.6 is 0 Å². The van der Waals surface area contributed by atoms with Gasteiger partial charge in [-0.15, -0.1) is 0 Å². The fourth-order valence-electron chi connectivity index (χ4n) is 2.31. The van der Waals surface area contributed by atoms with E-state index in [9.17, 15) is 18.4 Å². The molecule has 1 saturated carbocycles. The highest BCUT2D eigenvalue weighted by Crippen LogP contribution is 2.66. The maximum Gasteiger partial charge on any atom is 0.326 e. The van der Waals surface area contributed by atoms with Crippen molar-refractivity contribution in [3.05, 3.63) is 0 Å². The van der Waals surface area contributed by atoms with Gasteiger partial charge in [-0.1, -0.05) is 0 Å². The van der Waals surface area contributed by atoms with Crippen molar-refractivity contribution < 1.29 is 23.5 Å². The van der Waals surface area contributed by atoms with Crippen LogP contribution in [-0.2, 0) is 9.59 Å². The average molecular weight is 219 g/mol. The van der Waals surface area contributed by atoms with Crippen LogP contribution in [0.25, 0.3) is 0 Å². The minimum atomic E-state index is -2.80. The van der Waals surface area contributed by atoms with Gasteiger partial charge < -0.3 is 10.0 Å². The predicted molar refractivity (Wildman–Crippen MR) is 45.4 cm³/mol. The second-order valence-electron chi connectivity index (χ2n) is 4.37. The van der Waals surface area contributed by atoms with E-state index in [1.807, 2.05) is 0 Å². The summed E-state index contributed by atoms with van der Waals surface area (Å²) >= 11 is 0. The lowest BCUT2D eigenvalue weighted by molar-refractivity contribution is -0.147. The van der Waals surface area contributed by atoms with E-state index in [1.165, 1.54) is 6.92 Å². The molecular formula is C9H11F2NO3. The molecule has 2 atom stereocenters. The fraction of sp³-hybridized carbons (Fsp3) is 0.778. The molecule has 15 heavy (non-hydrogen) atoms. The summed E-state index contributed by atoms with van der Waals surface area (Å²) in [5, 5.41) is 8.82. The zero-order valence-corrected chi connectivity index (χ0v) is 8.17. The Balaban J connectivity index is 2.21. The zero-order valence-electron chi connectivity index (χ0n) is 8.17. The second kappa shape index (κ2) is 2.68. The molecule has 4 nitrogen and oxygen atoms in total. The Bertz CT molecular complexity index is 320. The molecule has 0 aromatic rings. The fourth-order valence-corrected chi connectivity index (χ4v) is 2.31. The Morgan fingerprint density at radius 2 is 2.00 bits per heavy atom. The van der Waals surface area contributed by atoms with Crippen LogP contribution < -0.4 is 0 Å². The molecule has 1 aliphatic heterocycles. The topological polar surface area (TPSA) is 57.6 Å². The monoisotopic (exact) mass is 219 g/mol. The second-order valence-corrected chi connectivity index (χ2v) is 4.37. The number of nitrogens with zero attached hydrogens (tertiary/aromatic N) is 1. The van der Waals surface area contributed by atoms with E-state index < -0.39 is 29.3 Å². The molecule has 1 heterocycles. The molecule has 0 radical (unpaired) electrons. The largest absolute Gasteiger partial charge is 0.480 e. The Hall–Kier alpha value is -1.20. The molecule has 2 unspecified atom stereocenters. The van der Waals surface area contributed by atoms with E-state index in [4.69, 9.17) is 5.11 Å². The molecular weight excluding hydrogens is 208 g/mol. The first-order valence-electron chi connectivity index (χ1n) is 4.67. The van der Waals surface area contributed by atoms with Gasteiger partial charge in [0, 0.05) is 19.9 Å². The van der Waals surface area contributed by atoms with Gasteiger partial charge in [0.15, 0.2) is 0 Å². The Labute approximate surface area is 84.9 Å². The van der Waals surface area contributed by atoms with Gasteiger partial charge in [0.05, 0.1) is 5.41 Å². The van der Waals surface area contributed by atoms with Gasteiger partial charge in [0.1, 0.15) is 6.04 Å². The molecule has 1 spiro atoms. The third kappa shape index (κ3) is 1.31. The highest BCUT2D eigenvalue weighted by molar-refractivity contribution is 5.83. The number of halogens is 2. The van der Waals surface area contributed by atoms with Gasteiger partial charge >= 0.3 is 5.97 Å². The van der Waals surface area contributed by atoms with E-state index in [2.05, 4.69) is 0 Å². The minimum Gasteiger partial charge on any atom is -0.480 e. The summed E-state index contributed by atoms with van der Waals surface area (Å²) in [5.74, 6) is -4.46. The highest BCUT2D eigenvalue weighted by Gasteiger charge is 2.75. The Kier molecular flexibility index (Phi) is 1.84. The van der Waals surface area contributed by atoms with Crippen LogP contribution in [0.3, 0.4) is 0 Å². The predicted octanol–water partition coefficient (Wildman–Crippen LogP) is 0.717. The average Bonchev–Trinajstić information content (AvgIpc) is 2.48. The number of alkyl halides is 2. The molecule has 6 heteroatoms. The molecule has 1 saturated heterocycles. The van der Waals surface area contributed by atoms with E-state index >= 15 is 0 Å². The summed E-state index contributed by atoms with van der Waals surface area (Å²) in [6, 6.07) is -1.09. The Morgan fingerprint density at radius 3 is 2.27 bits per heavy atom. The van der Waals surface area contributed by atoms with Crippen LogP contribution in [0.5, 0.6) is 0 Å². The number of hydrogen-bond acceptors (Lipinski definition) is 2. The molecule has 0 aromatic heterocycles. The van der Waals surface area contributed by atoms with Crippen LogP contribution in [0.4, 0.5) is 8.78 Å². The van der Waals surface area contributed by atoms with E-state index in [0.29, 0.717) is 0 Å². The van der Waals surface area contributed by atoms with Gasteiger partial charge in [-0.2, -0.15) is 0 Å². The molecule has 84 valence electrons. The molecule has 1 aliphatic carbocycles. The van der Waals surface area contributed by atoms with Crippen molar-refractivity contribution in [3.8, 4) is 0 Å². The maximum atomic E-state index is 13.0. The first kappa shape index (κ1) is 10.3. The SMILES string of the molecule is CC(=O)N1CC2(CC1C(=O)O)CC2(F)F. The van der Waals surface area contributed by atoms with Gasteiger partial charge in [0.2, 0.25) is 5.91 Å². The lowest BCUT2D eigenvalue weighted by Gasteiger charge is -2.18. The van der Waals surface area contributed by atoms with Crippen LogP contribution in [0.2, 0.25) is 0 Å². The number of carboxylic acids is 1. The van der Waals surface area contributed by atoms with Crippen molar-refractivity contribution in [2.45, 2.75) is 31.7 Å². The third-order valence-electron chi connectivity index (χ3n) is 3.33. The number of carbonyl (C=O) groups is 2. The molecule has 0 bridgehead atoms. The normalized spacial score (nSPS) is 37.0. The van der Waals surface area contributed by atoms with Crippen molar-refractivity contribution in [1.29, 1.82) is 0 Å². The highest BCUT2D eigenvalue weighted by atomic mass is 19.3. The van der Waals surface area contributed by atoms with Gasteiger partial charge in [-0.3, -0.25) is 4.79 Å². The summed E-state index contributed by atoms with van der Waals surface area (Å²) in [5.41, 5.74) is -1.26. The summed E-state index contributed by atoms with van der Waals surface area (Å²) in [6.45, 7) is 1.07. The number of hydrogen-bond donors (Lipinski definition) is 1. The molecule has 2 aliphatic rings.